The Labute approximate surface area is 126 Å². The van der Waals surface area contributed by atoms with Crippen LogP contribution >= 0.6 is 0 Å². The monoisotopic (exact) mass is 291 g/mol. The summed E-state index contributed by atoms with van der Waals surface area (Å²) in [7, 11) is 0. The summed E-state index contributed by atoms with van der Waals surface area (Å²) in [6.07, 6.45) is 9.49. The van der Waals surface area contributed by atoms with Gasteiger partial charge in [-0.2, -0.15) is 0 Å². The van der Waals surface area contributed by atoms with Crippen molar-refractivity contribution in [3.8, 4) is 0 Å². The summed E-state index contributed by atoms with van der Waals surface area (Å²) >= 11 is 0. The molecule has 0 aliphatic heterocycles. The van der Waals surface area contributed by atoms with E-state index in [9.17, 15) is 9.59 Å². The maximum Gasteiger partial charge on any atom is 0.224 e. The number of anilines is 1. The van der Waals surface area contributed by atoms with Crippen molar-refractivity contribution < 1.29 is 9.59 Å². The summed E-state index contributed by atoms with van der Waals surface area (Å²) in [6.45, 7) is 2.88. The number of carbonyl (C=O) groups excluding carboxylic acids is 2. The van der Waals surface area contributed by atoms with Gasteiger partial charge in [0.1, 0.15) is 0 Å². The number of nitrogens with one attached hydrogen (secondary N) is 2. The summed E-state index contributed by atoms with van der Waals surface area (Å²) in [5.41, 5.74) is 0.652. The molecule has 0 fully saturated rings. The molecule has 2 N–H and O–H groups in total. The molecule has 0 aromatic carbocycles. The predicted octanol–water partition coefficient (Wildman–Crippen LogP) is 2.89. The predicted molar refractivity (Wildman–Crippen MR) is 83.9 cm³/mol. The lowest BCUT2D eigenvalue weighted by Gasteiger charge is -2.06. The molecule has 116 valence electrons. The number of amides is 2. The van der Waals surface area contributed by atoms with Gasteiger partial charge in [-0.15, -0.1) is 0 Å². The van der Waals surface area contributed by atoms with Gasteiger partial charge in [-0.25, -0.2) is 0 Å². The van der Waals surface area contributed by atoms with Gasteiger partial charge in [-0.3, -0.25) is 14.6 Å². The maximum atomic E-state index is 11.6. The molecular formula is C16H25N3O2. The third-order valence-electron chi connectivity index (χ3n) is 3.13. The van der Waals surface area contributed by atoms with E-state index < -0.39 is 0 Å². The summed E-state index contributed by atoms with van der Waals surface area (Å²) in [5, 5.41) is 5.55. The number of hydrogen-bond acceptors (Lipinski definition) is 3. The zero-order chi connectivity index (χ0) is 15.3. The van der Waals surface area contributed by atoms with Crippen molar-refractivity contribution in [1.82, 2.24) is 10.3 Å². The van der Waals surface area contributed by atoms with E-state index in [2.05, 4.69) is 22.5 Å². The Bertz CT molecular complexity index is 421. The molecule has 0 aliphatic carbocycles. The highest BCUT2D eigenvalue weighted by Crippen LogP contribution is 2.04. The third-order valence-corrected chi connectivity index (χ3v) is 3.13. The lowest BCUT2D eigenvalue weighted by Crippen LogP contribution is -2.25. The van der Waals surface area contributed by atoms with Crippen LogP contribution in [0.1, 0.15) is 51.9 Å². The van der Waals surface area contributed by atoms with Gasteiger partial charge in [-0.1, -0.05) is 32.6 Å². The molecular weight excluding hydrogens is 266 g/mol. The van der Waals surface area contributed by atoms with Crippen LogP contribution in [0.3, 0.4) is 0 Å². The van der Waals surface area contributed by atoms with E-state index in [1.807, 2.05) is 0 Å². The molecule has 0 spiro atoms. The summed E-state index contributed by atoms with van der Waals surface area (Å²) in [4.78, 5) is 27.1. The maximum absolute atomic E-state index is 11.6. The van der Waals surface area contributed by atoms with Crippen LogP contribution in [-0.4, -0.2) is 23.3 Å². The van der Waals surface area contributed by atoms with Crippen molar-refractivity contribution in [2.75, 3.05) is 11.9 Å². The molecule has 0 aliphatic rings. The van der Waals surface area contributed by atoms with Crippen molar-refractivity contribution in [2.24, 2.45) is 0 Å². The van der Waals surface area contributed by atoms with Crippen molar-refractivity contribution in [3.63, 3.8) is 0 Å². The SMILES string of the molecule is CCCCCCCNC(=O)CCC(=O)Nc1cccnc1. The van der Waals surface area contributed by atoms with Crippen LogP contribution in [-0.2, 0) is 9.59 Å². The van der Waals surface area contributed by atoms with Gasteiger partial charge in [0.05, 0.1) is 11.9 Å². The van der Waals surface area contributed by atoms with Crippen molar-refractivity contribution in [2.45, 2.75) is 51.9 Å². The Balaban J connectivity index is 2.05. The highest BCUT2D eigenvalue weighted by molar-refractivity contribution is 5.93. The van der Waals surface area contributed by atoms with E-state index in [1.165, 1.54) is 19.3 Å². The first kappa shape index (κ1) is 17.1. The van der Waals surface area contributed by atoms with Crippen molar-refractivity contribution in [1.29, 1.82) is 0 Å². The first-order chi connectivity index (χ1) is 10.2. The number of rotatable bonds is 10. The number of hydrogen-bond donors (Lipinski definition) is 2. The zero-order valence-corrected chi connectivity index (χ0v) is 12.7. The van der Waals surface area contributed by atoms with E-state index in [4.69, 9.17) is 0 Å². The van der Waals surface area contributed by atoms with Gasteiger partial charge in [0.25, 0.3) is 0 Å². The molecule has 5 nitrogen and oxygen atoms in total. The quantitative estimate of drug-likeness (QED) is 0.651. The second kappa shape index (κ2) is 10.8. The Morgan fingerprint density at radius 1 is 1.10 bits per heavy atom. The largest absolute Gasteiger partial charge is 0.356 e. The molecule has 1 heterocycles. The second-order valence-corrected chi connectivity index (χ2v) is 5.05. The molecule has 0 radical (unpaired) electrons. The van der Waals surface area contributed by atoms with Gasteiger partial charge in [0.2, 0.25) is 11.8 Å². The van der Waals surface area contributed by atoms with Crippen molar-refractivity contribution in [3.05, 3.63) is 24.5 Å². The summed E-state index contributed by atoms with van der Waals surface area (Å²) in [6, 6.07) is 3.52. The molecule has 0 atom stereocenters. The minimum Gasteiger partial charge on any atom is -0.356 e. The number of unbranched alkanes of at least 4 members (excludes halogenated alkanes) is 4. The van der Waals surface area contributed by atoms with Gasteiger partial charge < -0.3 is 10.6 Å². The van der Waals surface area contributed by atoms with E-state index in [0.717, 1.165) is 12.8 Å². The number of nitrogens with zero attached hydrogens (tertiary/aromatic N) is 1. The average molecular weight is 291 g/mol. The highest BCUT2D eigenvalue weighted by atomic mass is 16.2. The fourth-order valence-corrected chi connectivity index (χ4v) is 1.93. The molecule has 5 heteroatoms. The van der Waals surface area contributed by atoms with Gasteiger partial charge in [0, 0.05) is 25.6 Å². The topological polar surface area (TPSA) is 71.1 Å². The van der Waals surface area contributed by atoms with Crippen LogP contribution < -0.4 is 10.6 Å². The minimum absolute atomic E-state index is 0.0631. The van der Waals surface area contributed by atoms with E-state index in [1.54, 1.807) is 24.5 Å². The lowest BCUT2D eigenvalue weighted by molar-refractivity contribution is -0.124. The Morgan fingerprint density at radius 2 is 1.86 bits per heavy atom. The standard InChI is InChI=1S/C16H25N3O2/c1-2-3-4-5-6-12-18-15(20)9-10-16(21)19-14-8-7-11-17-13-14/h7-8,11,13H,2-6,9-10,12H2,1H3,(H,18,20)(H,19,21). The fraction of sp³-hybridized carbons (Fsp3) is 0.562. The van der Waals surface area contributed by atoms with Crippen LogP contribution in [0, 0.1) is 0 Å². The number of aromatic nitrogens is 1. The average Bonchev–Trinajstić information content (AvgIpc) is 2.50. The normalized spacial score (nSPS) is 10.1. The van der Waals surface area contributed by atoms with Crippen LogP contribution in [0.5, 0.6) is 0 Å². The molecule has 0 saturated carbocycles. The second-order valence-electron chi connectivity index (χ2n) is 5.05. The number of pyridine rings is 1. The van der Waals surface area contributed by atoms with Crippen LogP contribution in [0.2, 0.25) is 0 Å². The summed E-state index contributed by atoms with van der Waals surface area (Å²) < 4.78 is 0. The Hall–Kier alpha value is -1.91. The smallest absolute Gasteiger partial charge is 0.224 e. The zero-order valence-electron chi connectivity index (χ0n) is 12.7. The highest BCUT2D eigenvalue weighted by Gasteiger charge is 2.06. The summed E-state index contributed by atoms with van der Waals surface area (Å²) in [5.74, 6) is -0.229. The molecule has 21 heavy (non-hydrogen) atoms. The minimum atomic E-state index is -0.166. The van der Waals surface area contributed by atoms with E-state index in [0.29, 0.717) is 12.2 Å². The van der Waals surface area contributed by atoms with Crippen LogP contribution in [0.4, 0.5) is 5.69 Å². The van der Waals surface area contributed by atoms with Crippen LogP contribution in [0.15, 0.2) is 24.5 Å². The molecule has 0 bridgehead atoms. The first-order valence-electron chi connectivity index (χ1n) is 7.69. The van der Waals surface area contributed by atoms with Crippen molar-refractivity contribution >= 4 is 17.5 Å². The Kier molecular flexibility index (Phi) is 8.84. The molecule has 1 rings (SSSR count). The third kappa shape index (κ3) is 8.78. The van der Waals surface area contributed by atoms with Gasteiger partial charge in [-0.05, 0) is 18.6 Å². The molecule has 0 unspecified atom stereocenters. The Morgan fingerprint density at radius 3 is 2.57 bits per heavy atom. The first-order valence-corrected chi connectivity index (χ1v) is 7.69. The van der Waals surface area contributed by atoms with E-state index in [-0.39, 0.29) is 24.7 Å². The molecule has 1 aromatic rings. The molecule has 2 amide bonds. The van der Waals surface area contributed by atoms with Crippen LogP contribution in [0.25, 0.3) is 0 Å². The van der Waals surface area contributed by atoms with E-state index >= 15 is 0 Å². The molecule has 1 aromatic heterocycles. The fourth-order valence-electron chi connectivity index (χ4n) is 1.93. The van der Waals surface area contributed by atoms with Gasteiger partial charge >= 0.3 is 0 Å². The molecule has 0 saturated heterocycles. The lowest BCUT2D eigenvalue weighted by atomic mass is 10.1. The van der Waals surface area contributed by atoms with Gasteiger partial charge in [0.15, 0.2) is 0 Å². The number of carbonyl (C=O) groups is 2.